The Morgan fingerprint density at radius 2 is 1.41 bits per heavy atom. The Kier molecular flexibility index (Phi) is 6.69. The highest BCUT2D eigenvalue weighted by molar-refractivity contribution is 14.1. The van der Waals surface area contributed by atoms with Gasteiger partial charge < -0.3 is 0 Å². The molecular weight excluding hydrogens is 481 g/mol. The minimum absolute atomic E-state index is 0.0247. The van der Waals surface area contributed by atoms with E-state index in [2.05, 4.69) is 35.7 Å². The molecule has 0 amide bonds. The summed E-state index contributed by atoms with van der Waals surface area (Å²) in [6.45, 7) is 12.9. The maximum atomic E-state index is 12.9. The predicted molar refractivity (Wildman–Crippen MR) is 117 cm³/mol. The van der Waals surface area contributed by atoms with Gasteiger partial charge in [-0.25, -0.2) is 28.1 Å². The van der Waals surface area contributed by atoms with Crippen molar-refractivity contribution < 1.29 is 0 Å². The van der Waals surface area contributed by atoms with Crippen LogP contribution in [0.4, 0.5) is 0 Å². The fourth-order valence-corrected chi connectivity index (χ4v) is 3.65. The third-order valence-electron chi connectivity index (χ3n) is 3.94. The van der Waals surface area contributed by atoms with Crippen LogP contribution in [0.15, 0.2) is 50.8 Å². The number of aryl methyl sites for hydroxylation is 1. The van der Waals surface area contributed by atoms with Crippen molar-refractivity contribution >= 4 is 34.2 Å². The smallest absolute Gasteiger partial charge is 0.247 e. The quantitative estimate of drug-likeness (QED) is 0.452. The Morgan fingerprint density at radius 3 is 1.85 bits per heavy atom. The number of nitrogens with zero attached hydrogens (tertiary/aromatic N) is 3. The number of rotatable bonds is 6. The molecule has 0 radical (unpaired) electrons. The Labute approximate surface area is 175 Å². The molecule has 1 aromatic heterocycles. The minimum atomic E-state index is -0.681. The van der Waals surface area contributed by atoms with Gasteiger partial charge in [0.1, 0.15) is 0 Å². The second-order valence-electron chi connectivity index (χ2n) is 6.68. The molecule has 0 spiro atoms. The van der Waals surface area contributed by atoms with Crippen LogP contribution in [0, 0.1) is 10.5 Å². The lowest BCUT2D eigenvalue weighted by Crippen LogP contribution is -2.54. The summed E-state index contributed by atoms with van der Waals surface area (Å²) in [5.41, 5.74) is 0.737. The Balaban J connectivity index is 2.80. The zero-order chi connectivity index (χ0) is 20.5. The van der Waals surface area contributed by atoms with E-state index in [1.54, 1.807) is 13.8 Å². The predicted octanol–water partition coefficient (Wildman–Crippen LogP) is 2.94. The van der Waals surface area contributed by atoms with Crippen LogP contribution >= 0.6 is 34.2 Å². The summed E-state index contributed by atoms with van der Waals surface area (Å²) in [5.74, 6) is 0. The first-order valence-corrected chi connectivity index (χ1v) is 9.67. The molecule has 0 saturated carbocycles. The molecule has 0 unspecified atom stereocenters. The van der Waals surface area contributed by atoms with E-state index in [1.165, 1.54) is 0 Å². The minimum Gasteiger partial charge on any atom is -0.247 e. The fraction of sp³-hybridized carbons (Fsp3) is 0.316. The van der Waals surface area contributed by atoms with Crippen molar-refractivity contribution in [1.29, 1.82) is 0 Å². The molecule has 0 aliphatic heterocycles. The SMILES string of the molecule is C=C(C)Cn1c(=O)n(CC(=C)C)c(=O)n(Cc2c(I)ccc(C)c2Cl)c1=O. The first-order valence-electron chi connectivity index (χ1n) is 8.21. The number of allylic oxidation sites excluding steroid dienone is 2. The van der Waals surface area contributed by atoms with E-state index in [0.29, 0.717) is 21.7 Å². The van der Waals surface area contributed by atoms with Gasteiger partial charge in [-0.15, -0.1) is 0 Å². The molecule has 0 bridgehead atoms. The standard InChI is InChI=1S/C19H21ClIN3O3/c1-11(2)8-22-17(25)23(9-12(3)4)19(27)24(18(22)26)10-14-15(21)7-6-13(5)16(14)20/h6-7H,1,3,8-10H2,2,4-5H3. The molecule has 1 aromatic carbocycles. The largest absolute Gasteiger partial charge is 0.336 e. The maximum Gasteiger partial charge on any atom is 0.336 e. The van der Waals surface area contributed by atoms with Gasteiger partial charge in [0.15, 0.2) is 0 Å². The van der Waals surface area contributed by atoms with Gasteiger partial charge in [0, 0.05) is 14.2 Å². The lowest BCUT2D eigenvalue weighted by atomic mass is 10.1. The van der Waals surface area contributed by atoms with Crippen LogP contribution in [0.25, 0.3) is 0 Å². The number of halogens is 2. The second-order valence-corrected chi connectivity index (χ2v) is 8.22. The fourth-order valence-electron chi connectivity index (χ4n) is 2.65. The Bertz CT molecular complexity index is 1050. The average Bonchev–Trinajstić information content (AvgIpc) is 2.58. The molecule has 1 heterocycles. The summed E-state index contributed by atoms with van der Waals surface area (Å²) in [4.78, 5) is 38.5. The van der Waals surface area contributed by atoms with Gasteiger partial charge in [-0.1, -0.05) is 42.0 Å². The van der Waals surface area contributed by atoms with E-state index >= 15 is 0 Å². The van der Waals surface area contributed by atoms with Crippen molar-refractivity contribution in [3.63, 3.8) is 0 Å². The lowest BCUT2D eigenvalue weighted by Gasteiger charge is -2.16. The molecule has 0 aliphatic carbocycles. The lowest BCUT2D eigenvalue weighted by molar-refractivity contribution is 0.488. The third-order valence-corrected chi connectivity index (χ3v) is 5.47. The molecule has 8 heteroatoms. The maximum absolute atomic E-state index is 12.9. The van der Waals surface area contributed by atoms with E-state index < -0.39 is 17.1 Å². The summed E-state index contributed by atoms with van der Waals surface area (Å²) < 4.78 is 3.90. The van der Waals surface area contributed by atoms with Gasteiger partial charge in [-0.2, -0.15) is 0 Å². The third kappa shape index (κ3) is 4.52. The second kappa shape index (κ2) is 8.43. The van der Waals surface area contributed by atoms with Crippen LogP contribution in [-0.2, 0) is 19.6 Å². The molecule has 2 aromatic rings. The van der Waals surface area contributed by atoms with Crippen LogP contribution in [0.5, 0.6) is 0 Å². The highest BCUT2D eigenvalue weighted by Crippen LogP contribution is 2.25. The molecule has 144 valence electrons. The Hall–Kier alpha value is -1.87. The number of hydrogen-bond donors (Lipinski definition) is 0. The van der Waals surface area contributed by atoms with Crippen molar-refractivity contribution in [2.24, 2.45) is 0 Å². The number of benzene rings is 1. The molecular formula is C19H21ClIN3O3. The van der Waals surface area contributed by atoms with Gasteiger partial charge in [-0.05, 0) is 55.0 Å². The van der Waals surface area contributed by atoms with Gasteiger partial charge >= 0.3 is 17.1 Å². The van der Waals surface area contributed by atoms with Crippen molar-refractivity contribution in [1.82, 2.24) is 13.7 Å². The van der Waals surface area contributed by atoms with Crippen molar-refractivity contribution in [3.05, 3.63) is 87.6 Å². The first kappa shape index (κ1) is 21.4. The molecule has 27 heavy (non-hydrogen) atoms. The van der Waals surface area contributed by atoms with Crippen LogP contribution < -0.4 is 17.1 Å². The van der Waals surface area contributed by atoms with Crippen LogP contribution in [-0.4, -0.2) is 13.7 Å². The molecule has 0 saturated heterocycles. The summed E-state index contributed by atoms with van der Waals surface area (Å²) >= 11 is 8.52. The Morgan fingerprint density at radius 1 is 0.963 bits per heavy atom. The van der Waals surface area contributed by atoms with Gasteiger partial charge in [0.25, 0.3) is 0 Å². The van der Waals surface area contributed by atoms with Crippen LogP contribution in [0.2, 0.25) is 5.02 Å². The summed E-state index contributed by atoms with van der Waals surface area (Å²) in [5, 5.41) is 0.498. The highest BCUT2D eigenvalue weighted by Gasteiger charge is 2.18. The number of aromatic nitrogens is 3. The summed E-state index contributed by atoms with van der Waals surface area (Å²) in [6, 6.07) is 3.75. The monoisotopic (exact) mass is 501 g/mol. The van der Waals surface area contributed by atoms with Crippen LogP contribution in [0.1, 0.15) is 25.0 Å². The average molecular weight is 502 g/mol. The van der Waals surface area contributed by atoms with Gasteiger partial charge in [0.2, 0.25) is 0 Å². The molecule has 2 rings (SSSR count). The number of hydrogen-bond acceptors (Lipinski definition) is 3. The topological polar surface area (TPSA) is 66.0 Å². The van der Waals surface area contributed by atoms with Gasteiger partial charge in [-0.3, -0.25) is 0 Å². The van der Waals surface area contributed by atoms with E-state index in [1.807, 2.05) is 19.1 Å². The highest BCUT2D eigenvalue weighted by atomic mass is 127. The van der Waals surface area contributed by atoms with E-state index in [-0.39, 0.29) is 19.6 Å². The normalized spacial score (nSPS) is 10.9. The van der Waals surface area contributed by atoms with E-state index in [0.717, 1.165) is 22.8 Å². The zero-order valence-electron chi connectivity index (χ0n) is 15.5. The van der Waals surface area contributed by atoms with Crippen molar-refractivity contribution in [2.45, 2.75) is 40.4 Å². The van der Waals surface area contributed by atoms with E-state index in [9.17, 15) is 14.4 Å². The zero-order valence-corrected chi connectivity index (χ0v) is 18.4. The van der Waals surface area contributed by atoms with Crippen molar-refractivity contribution in [2.75, 3.05) is 0 Å². The molecule has 0 atom stereocenters. The molecule has 0 N–H and O–H groups in total. The molecule has 0 fully saturated rings. The van der Waals surface area contributed by atoms with Gasteiger partial charge in [0.05, 0.1) is 19.6 Å². The first-order chi connectivity index (χ1) is 12.5. The summed E-state index contributed by atoms with van der Waals surface area (Å²) in [7, 11) is 0. The molecule has 0 aliphatic rings. The molecule has 6 nitrogen and oxygen atoms in total. The van der Waals surface area contributed by atoms with Crippen molar-refractivity contribution in [3.8, 4) is 0 Å². The van der Waals surface area contributed by atoms with Crippen LogP contribution in [0.3, 0.4) is 0 Å². The van der Waals surface area contributed by atoms with E-state index in [4.69, 9.17) is 11.6 Å². The summed E-state index contributed by atoms with van der Waals surface area (Å²) in [6.07, 6.45) is 0.